The summed E-state index contributed by atoms with van der Waals surface area (Å²) in [4.78, 5) is 24.6. The number of nitrogens with one attached hydrogen (secondary N) is 1. The minimum Gasteiger partial charge on any atom is -0.747 e. The van der Waals surface area contributed by atoms with Crippen LogP contribution in [0.1, 0.15) is 6.92 Å². The molecule has 1 fully saturated rings. The topological polar surface area (TPSA) is 173 Å². The van der Waals surface area contributed by atoms with Crippen molar-refractivity contribution < 1.29 is 100.0 Å². The van der Waals surface area contributed by atoms with Gasteiger partial charge in [0.2, 0.25) is 11.1 Å². The van der Waals surface area contributed by atoms with Gasteiger partial charge in [0.15, 0.2) is 5.92 Å². The molecule has 21 heteroatoms. The Morgan fingerprint density at radius 2 is 1.97 bits per heavy atom. The summed E-state index contributed by atoms with van der Waals surface area (Å²) in [5, 5.41) is 21.9. The Labute approximate surface area is 248 Å². The Morgan fingerprint density at radius 1 is 1.35 bits per heavy atom. The molecule has 1 aromatic rings. The zero-order chi connectivity index (χ0) is 24.0. The standard InChI is InChI=1S/C13H13F3N6O6S4.2Na/c1-4(29)17-8-5(2-30-12-18-19-20-21(12)3-32(26,27)28)7(11(24)25)22-9(23)6(10(22)31-8)13(14,15)16;;/h6,8,10H,2-3H2,1H3,(H,17,29)(H,24,25)(H,26,27,28);;/q;2*+1/p-2/t6?,8?,10-;;/m1../s1. The minimum atomic E-state index is -4.88. The van der Waals surface area contributed by atoms with Crippen LogP contribution in [0.4, 0.5) is 13.2 Å². The molecule has 2 unspecified atom stereocenters. The number of tetrazole rings is 1. The van der Waals surface area contributed by atoms with E-state index in [1.165, 1.54) is 6.92 Å². The molecule has 0 aliphatic carbocycles. The van der Waals surface area contributed by atoms with Crippen molar-refractivity contribution in [2.45, 2.75) is 34.9 Å². The molecule has 3 rings (SSSR count). The molecule has 1 aromatic heterocycles. The van der Waals surface area contributed by atoms with Crippen molar-refractivity contribution in [2.24, 2.45) is 5.92 Å². The van der Waals surface area contributed by atoms with Gasteiger partial charge in [-0.15, -0.1) is 16.9 Å². The summed E-state index contributed by atoms with van der Waals surface area (Å²) in [5.74, 6) is -7.10. The molecule has 1 amide bonds. The van der Waals surface area contributed by atoms with Gasteiger partial charge in [-0.05, 0) is 22.9 Å². The number of amides is 1. The van der Waals surface area contributed by atoms with Crippen molar-refractivity contribution in [3.8, 4) is 0 Å². The molecule has 3 atom stereocenters. The second-order valence-corrected chi connectivity index (χ2v) is 10.6. The molecular formula is C13H11F3N6Na2O6S4. The van der Waals surface area contributed by atoms with Gasteiger partial charge in [-0.2, -0.15) is 13.2 Å². The third kappa shape index (κ3) is 7.08. The van der Waals surface area contributed by atoms with E-state index in [-0.39, 0.29) is 80.6 Å². The molecule has 0 aromatic carbocycles. The average molecular weight is 579 g/mol. The van der Waals surface area contributed by atoms with E-state index in [9.17, 15) is 40.8 Å². The number of carbonyl (C=O) groups excluding carboxylic acids is 2. The van der Waals surface area contributed by atoms with Gasteiger partial charge < -0.3 is 19.8 Å². The average Bonchev–Trinajstić information content (AvgIpc) is 3.02. The number of carbonyl (C=O) groups is 2. The van der Waals surface area contributed by atoms with Gasteiger partial charge in [0.05, 0.1) is 22.0 Å². The number of nitrogens with zero attached hydrogens (tertiary/aromatic N) is 5. The van der Waals surface area contributed by atoms with Crippen LogP contribution in [0.15, 0.2) is 16.4 Å². The van der Waals surface area contributed by atoms with Crippen molar-refractivity contribution in [1.82, 2.24) is 30.4 Å². The first-order valence-corrected chi connectivity index (χ1v) is 12.2. The molecule has 1 N–H and O–H groups in total. The van der Waals surface area contributed by atoms with E-state index in [1.807, 2.05) is 0 Å². The van der Waals surface area contributed by atoms with E-state index >= 15 is 0 Å². The number of hydrogen-bond acceptors (Lipinski definition) is 12. The Kier molecular flexibility index (Phi) is 11.4. The zero-order valence-corrected chi connectivity index (χ0v) is 24.9. The predicted molar refractivity (Wildman–Crippen MR) is 103 cm³/mol. The van der Waals surface area contributed by atoms with Gasteiger partial charge in [-0.25, -0.2) is 13.1 Å². The third-order valence-electron chi connectivity index (χ3n) is 4.20. The van der Waals surface area contributed by atoms with Gasteiger partial charge in [-0.1, -0.05) is 24.0 Å². The van der Waals surface area contributed by atoms with Crippen LogP contribution in [-0.2, 0) is 25.6 Å². The molecule has 34 heavy (non-hydrogen) atoms. The summed E-state index contributed by atoms with van der Waals surface area (Å²) in [6, 6.07) is 0. The number of carboxylic acids is 1. The molecule has 1 saturated heterocycles. The van der Waals surface area contributed by atoms with Crippen LogP contribution in [0.3, 0.4) is 0 Å². The quantitative estimate of drug-likeness (QED) is 0.106. The fraction of sp³-hybridized carbons (Fsp3) is 0.538. The number of thioether (sulfide) groups is 2. The van der Waals surface area contributed by atoms with Crippen LogP contribution >= 0.6 is 35.7 Å². The zero-order valence-electron chi connectivity index (χ0n) is 17.6. The van der Waals surface area contributed by atoms with E-state index in [0.29, 0.717) is 33.1 Å². The fourth-order valence-corrected chi connectivity index (χ4v) is 6.42. The number of aliphatic carboxylic acids is 1. The maximum atomic E-state index is 13.3. The monoisotopic (exact) mass is 578 g/mol. The number of aromatic nitrogens is 4. The summed E-state index contributed by atoms with van der Waals surface area (Å²) < 4.78 is 73.3. The van der Waals surface area contributed by atoms with Gasteiger partial charge in [-0.3, -0.25) is 9.69 Å². The fourth-order valence-electron chi connectivity index (χ4n) is 3.00. The number of hydrogen-bond donors (Lipinski definition) is 1. The first-order chi connectivity index (χ1) is 14.7. The van der Waals surface area contributed by atoms with Gasteiger partial charge in [0, 0.05) is 5.75 Å². The minimum absolute atomic E-state index is 0. The molecule has 12 nitrogen and oxygen atoms in total. The Balaban J connectivity index is 0.00000289. The van der Waals surface area contributed by atoms with Crippen LogP contribution in [0, 0.1) is 5.92 Å². The predicted octanol–water partition coefficient (Wildman–Crippen LogP) is -7.36. The number of thiocarbonyl (C=S) groups is 1. The number of fused-ring (bicyclic) bond motifs is 1. The van der Waals surface area contributed by atoms with Gasteiger partial charge in [0.1, 0.15) is 21.4 Å². The maximum absolute atomic E-state index is 13.3. The van der Waals surface area contributed by atoms with E-state index in [4.69, 9.17) is 12.2 Å². The Bertz CT molecular complexity index is 1120. The molecule has 0 bridgehead atoms. The molecule has 3 heterocycles. The van der Waals surface area contributed by atoms with Crippen molar-refractivity contribution in [2.75, 3.05) is 5.75 Å². The molecule has 0 spiro atoms. The summed E-state index contributed by atoms with van der Waals surface area (Å²) >= 11 is 6.29. The van der Waals surface area contributed by atoms with Crippen LogP contribution in [0.2, 0.25) is 0 Å². The van der Waals surface area contributed by atoms with E-state index in [0.717, 1.165) is 0 Å². The molecule has 176 valence electrons. The number of halogens is 3. The normalized spacial score (nSPS) is 22.2. The summed E-state index contributed by atoms with van der Waals surface area (Å²) in [5.41, 5.74) is -0.815. The summed E-state index contributed by atoms with van der Waals surface area (Å²) in [6.45, 7) is 1.43. The summed E-state index contributed by atoms with van der Waals surface area (Å²) in [6.07, 6.45) is -4.88. The van der Waals surface area contributed by atoms with E-state index < -0.39 is 56.4 Å². The number of carboxylic acid groups (broad SMARTS) is 1. The van der Waals surface area contributed by atoms with Gasteiger partial charge in [0.25, 0.3) is 0 Å². The Hall–Kier alpha value is 0.0400. The van der Waals surface area contributed by atoms with Crippen molar-refractivity contribution in [3.05, 3.63) is 11.3 Å². The molecule has 0 saturated carbocycles. The number of β-lactam (4-membered cyclic amide) rings is 1. The van der Waals surface area contributed by atoms with Crippen molar-refractivity contribution >= 4 is 62.7 Å². The van der Waals surface area contributed by atoms with E-state index in [1.54, 1.807) is 0 Å². The largest absolute Gasteiger partial charge is 1.00 e. The van der Waals surface area contributed by atoms with E-state index in [2.05, 4.69) is 20.8 Å². The molecule has 2 aliphatic rings. The summed E-state index contributed by atoms with van der Waals surface area (Å²) in [7, 11) is -4.75. The third-order valence-corrected chi connectivity index (χ3v) is 7.32. The molecule has 2 aliphatic heterocycles. The van der Waals surface area contributed by atoms with Crippen LogP contribution < -0.4 is 69.5 Å². The Morgan fingerprint density at radius 3 is 2.47 bits per heavy atom. The first kappa shape index (κ1) is 32.1. The van der Waals surface area contributed by atoms with Crippen molar-refractivity contribution in [3.63, 3.8) is 0 Å². The molecular weight excluding hydrogens is 567 g/mol. The molecule has 0 radical (unpaired) electrons. The SMILES string of the molecule is CC(=S)NC1S[C@@H]2C(C(F)(F)F)C(=O)N2C(C(=O)[O-])=C1CSc1nnnn1CS(=O)(=O)[O-].[Na+].[Na+]. The first-order valence-electron chi connectivity index (χ1n) is 8.30. The van der Waals surface area contributed by atoms with Crippen LogP contribution in [0.25, 0.3) is 0 Å². The smallest absolute Gasteiger partial charge is 0.747 e. The van der Waals surface area contributed by atoms with Crippen LogP contribution in [-0.4, -0.2) is 77.6 Å². The second kappa shape index (κ2) is 12.1. The number of rotatable bonds is 7. The van der Waals surface area contributed by atoms with Gasteiger partial charge >= 0.3 is 65.3 Å². The van der Waals surface area contributed by atoms with Crippen molar-refractivity contribution in [1.29, 1.82) is 0 Å². The maximum Gasteiger partial charge on any atom is 1.00 e. The number of alkyl halides is 3. The second-order valence-electron chi connectivity index (χ2n) is 6.43. The van der Waals surface area contributed by atoms with Crippen LogP contribution in [0.5, 0.6) is 0 Å².